The van der Waals surface area contributed by atoms with E-state index in [9.17, 15) is 29.2 Å². The Morgan fingerprint density at radius 1 is 1.29 bits per heavy atom. The number of anilines is 1. The molecule has 0 saturated carbocycles. The number of hydrogen-bond donors (Lipinski definition) is 2. The van der Waals surface area contributed by atoms with Gasteiger partial charge in [-0.2, -0.15) is 4.39 Å². The van der Waals surface area contributed by atoms with Crippen LogP contribution >= 0.6 is 0 Å². The lowest BCUT2D eigenvalue weighted by Crippen LogP contribution is -2.21. The van der Waals surface area contributed by atoms with Crippen LogP contribution in [0.4, 0.5) is 15.8 Å². The number of nitro benzene ring substituents is 1. The quantitative estimate of drug-likeness (QED) is 0.377. The van der Waals surface area contributed by atoms with Crippen LogP contribution in [-0.2, 0) is 4.79 Å². The molecule has 1 aromatic heterocycles. The van der Waals surface area contributed by atoms with Crippen LogP contribution in [0.2, 0.25) is 0 Å². The Hall–Kier alpha value is -4.61. The van der Waals surface area contributed by atoms with Crippen molar-refractivity contribution in [1.29, 1.82) is 0 Å². The first-order valence-corrected chi connectivity index (χ1v) is 10.2. The predicted octanol–water partition coefficient (Wildman–Crippen LogP) is 3.60. The van der Waals surface area contributed by atoms with Gasteiger partial charge < -0.3 is 29.1 Å². The number of benzene rings is 2. The summed E-state index contributed by atoms with van der Waals surface area (Å²) in [6.45, 7) is 1.43. The lowest BCUT2D eigenvalue weighted by Gasteiger charge is -2.19. The third-order valence-electron chi connectivity index (χ3n) is 5.34. The number of nitrogens with one attached hydrogen (secondary N) is 1. The van der Waals surface area contributed by atoms with E-state index in [2.05, 4.69) is 5.32 Å². The number of ether oxygens (including phenoxy) is 3. The lowest BCUT2D eigenvalue weighted by molar-refractivity contribution is -0.387. The van der Waals surface area contributed by atoms with Gasteiger partial charge in [-0.1, -0.05) is 0 Å². The van der Waals surface area contributed by atoms with E-state index in [1.54, 1.807) is 6.07 Å². The second kappa shape index (κ2) is 9.33. The zero-order chi connectivity index (χ0) is 25.3. The fourth-order valence-corrected chi connectivity index (χ4v) is 3.79. The molecule has 4 rings (SSSR count). The second-order valence-electron chi connectivity index (χ2n) is 7.63. The minimum absolute atomic E-state index is 0.0229. The fourth-order valence-electron chi connectivity index (χ4n) is 3.79. The molecule has 0 fully saturated rings. The number of amides is 1. The molecular weight excluding hydrogens is 467 g/mol. The first kappa shape index (κ1) is 23.5. The lowest BCUT2D eigenvalue weighted by atomic mass is 9.88. The molecule has 2 N–H and O–H groups in total. The number of carbonyl (C=O) groups is 1. The highest BCUT2D eigenvalue weighted by Crippen LogP contribution is 2.45. The molecule has 0 bridgehead atoms. The fraction of sp³-hybridized carbons (Fsp3) is 0.217. The van der Waals surface area contributed by atoms with E-state index in [4.69, 9.17) is 18.6 Å². The number of methoxy groups -OCH3 is 1. The van der Waals surface area contributed by atoms with Gasteiger partial charge in [-0.05, 0) is 36.8 Å². The summed E-state index contributed by atoms with van der Waals surface area (Å²) in [5.41, 5.74) is -1.49. The molecule has 1 atom stereocenters. The molecular formula is C23H19FN2O9. The Balaban J connectivity index is 1.74. The molecule has 0 aliphatic carbocycles. The van der Waals surface area contributed by atoms with Crippen molar-refractivity contribution < 1.29 is 37.8 Å². The molecule has 3 aromatic rings. The molecule has 0 unspecified atom stereocenters. The second-order valence-corrected chi connectivity index (χ2v) is 7.63. The Bertz CT molecular complexity index is 1390. The summed E-state index contributed by atoms with van der Waals surface area (Å²) in [7, 11) is 1.40. The van der Waals surface area contributed by atoms with Crippen LogP contribution in [0.3, 0.4) is 0 Å². The standard InChI is InChI=1S/C23H19FN2O9/c1-11-5-17(27)21(23(29)35-11)14(12-6-18(32-2)22-19(7-12)33-10-34-22)9-20(28)25-13-3-4-15(24)16(8-13)26(30)31/h3-8,14,27H,9-10H2,1-2H3,(H,25,28)/t14-/m0/s1. The smallest absolute Gasteiger partial charge is 0.343 e. The van der Waals surface area contributed by atoms with E-state index in [0.29, 0.717) is 17.1 Å². The number of fused-ring (bicyclic) bond motifs is 1. The molecule has 12 heteroatoms. The number of aromatic hydroxyl groups is 1. The summed E-state index contributed by atoms with van der Waals surface area (Å²) in [6, 6.07) is 7.22. The Morgan fingerprint density at radius 3 is 2.74 bits per heavy atom. The molecule has 1 amide bonds. The summed E-state index contributed by atoms with van der Waals surface area (Å²) in [5.74, 6) is -2.04. The molecule has 11 nitrogen and oxygen atoms in total. The maximum absolute atomic E-state index is 13.7. The predicted molar refractivity (Wildman–Crippen MR) is 119 cm³/mol. The van der Waals surface area contributed by atoms with Crippen molar-refractivity contribution in [2.45, 2.75) is 19.3 Å². The Labute approximate surface area is 196 Å². The van der Waals surface area contributed by atoms with E-state index >= 15 is 0 Å². The molecule has 1 aliphatic rings. The minimum Gasteiger partial charge on any atom is -0.507 e. The van der Waals surface area contributed by atoms with Crippen molar-refractivity contribution in [3.05, 3.63) is 79.6 Å². The van der Waals surface area contributed by atoms with Crippen LogP contribution in [0.15, 0.2) is 45.6 Å². The molecule has 182 valence electrons. The number of halogens is 1. The molecule has 0 spiro atoms. The van der Waals surface area contributed by atoms with E-state index in [1.807, 2.05) is 0 Å². The normalized spacial score (nSPS) is 12.8. The van der Waals surface area contributed by atoms with Crippen LogP contribution < -0.4 is 25.2 Å². The average Bonchev–Trinajstić information content (AvgIpc) is 3.27. The topological polar surface area (TPSA) is 150 Å². The third kappa shape index (κ3) is 4.71. The van der Waals surface area contributed by atoms with Gasteiger partial charge in [0.25, 0.3) is 0 Å². The van der Waals surface area contributed by atoms with Gasteiger partial charge in [0.1, 0.15) is 11.5 Å². The monoisotopic (exact) mass is 486 g/mol. The summed E-state index contributed by atoms with van der Waals surface area (Å²) in [6.07, 6.45) is -0.393. The van der Waals surface area contributed by atoms with Crippen LogP contribution in [-0.4, -0.2) is 29.8 Å². The van der Waals surface area contributed by atoms with Crippen molar-refractivity contribution in [2.24, 2.45) is 0 Å². The third-order valence-corrected chi connectivity index (χ3v) is 5.34. The highest BCUT2D eigenvalue weighted by atomic mass is 19.1. The van der Waals surface area contributed by atoms with Gasteiger partial charge in [0.2, 0.25) is 24.3 Å². The van der Waals surface area contributed by atoms with Gasteiger partial charge in [-0.25, -0.2) is 4.79 Å². The highest BCUT2D eigenvalue weighted by molar-refractivity contribution is 5.92. The van der Waals surface area contributed by atoms with Crippen LogP contribution in [0, 0.1) is 22.9 Å². The molecule has 2 aromatic carbocycles. The maximum atomic E-state index is 13.7. The first-order chi connectivity index (χ1) is 16.7. The molecule has 35 heavy (non-hydrogen) atoms. The van der Waals surface area contributed by atoms with E-state index in [1.165, 1.54) is 26.2 Å². The Kier molecular flexibility index (Phi) is 6.28. The van der Waals surface area contributed by atoms with E-state index < -0.39 is 40.3 Å². The van der Waals surface area contributed by atoms with Crippen LogP contribution in [0.5, 0.6) is 23.0 Å². The van der Waals surface area contributed by atoms with Crippen molar-refractivity contribution in [3.8, 4) is 23.0 Å². The molecule has 0 radical (unpaired) electrons. The summed E-state index contributed by atoms with van der Waals surface area (Å²) < 4.78 is 34.9. The van der Waals surface area contributed by atoms with Gasteiger partial charge in [0.15, 0.2) is 11.5 Å². The number of nitrogens with zero attached hydrogens (tertiary/aromatic N) is 1. The van der Waals surface area contributed by atoms with Crippen molar-refractivity contribution in [3.63, 3.8) is 0 Å². The number of rotatable bonds is 7. The van der Waals surface area contributed by atoms with E-state index in [0.717, 1.165) is 18.2 Å². The molecule has 2 heterocycles. The number of carbonyl (C=O) groups excluding carboxylic acids is 1. The maximum Gasteiger partial charge on any atom is 0.343 e. The number of hydrogen-bond acceptors (Lipinski definition) is 9. The SMILES string of the molecule is COc1cc([C@H](CC(=O)Nc2ccc(F)c([N+](=O)[O-])c2)c2c(O)cc(C)oc2=O)cc2c1OCO2. The van der Waals surface area contributed by atoms with E-state index in [-0.39, 0.29) is 35.3 Å². The minimum atomic E-state index is -1.06. The zero-order valence-corrected chi connectivity index (χ0v) is 18.5. The highest BCUT2D eigenvalue weighted by Gasteiger charge is 2.30. The first-order valence-electron chi connectivity index (χ1n) is 10.2. The van der Waals surface area contributed by atoms with Crippen LogP contribution in [0.1, 0.15) is 29.2 Å². The van der Waals surface area contributed by atoms with Crippen molar-refractivity contribution in [1.82, 2.24) is 0 Å². The summed E-state index contributed by atoms with van der Waals surface area (Å²) >= 11 is 0. The van der Waals surface area contributed by atoms with Gasteiger partial charge in [0, 0.05) is 30.2 Å². The van der Waals surface area contributed by atoms with Gasteiger partial charge >= 0.3 is 11.3 Å². The largest absolute Gasteiger partial charge is 0.507 e. The molecule has 0 saturated heterocycles. The van der Waals surface area contributed by atoms with Gasteiger partial charge in [0.05, 0.1) is 17.6 Å². The van der Waals surface area contributed by atoms with Gasteiger partial charge in [-0.15, -0.1) is 0 Å². The summed E-state index contributed by atoms with van der Waals surface area (Å²) in [4.78, 5) is 35.7. The average molecular weight is 486 g/mol. The number of nitro groups is 1. The van der Waals surface area contributed by atoms with Gasteiger partial charge in [-0.3, -0.25) is 14.9 Å². The molecule has 1 aliphatic heterocycles. The summed E-state index contributed by atoms with van der Waals surface area (Å²) in [5, 5.41) is 24.0. The van der Waals surface area contributed by atoms with Crippen molar-refractivity contribution >= 4 is 17.3 Å². The van der Waals surface area contributed by atoms with Crippen molar-refractivity contribution in [2.75, 3.05) is 19.2 Å². The zero-order valence-electron chi connectivity index (χ0n) is 18.5. The van der Waals surface area contributed by atoms with Crippen LogP contribution in [0.25, 0.3) is 0 Å². The number of aryl methyl sites for hydroxylation is 1. The Morgan fingerprint density at radius 2 is 2.06 bits per heavy atom.